The minimum atomic E-state index is -0.410. The number of rotatable bonds is 0. The topological polar surface area (TPSA) is 59.2 Å². The second-order valence-corrected chi connectivity index (χ2v) is 9.26. The first-order valence-electron chi connectivity index (χ1n) is 11.2. The Kier molecular flexibility index (Phi) is 3.48. The van der Waals surface area contributed by atoms with Gasteiger partial charge in [-0.3, -0.25) is 9.59 Å². The Morgan fingerprint density at radius 3 is 2.38 bits per heavy atom. The fourth-order valence-corrected chi connectivity index (χ4v) is 6.32. The SMILES string of the molecule is C[C@H]1C=C2COc3ccc4c([nH]c5ccccc54)c3[C@H]2[C@H]2C(=O)c3ccccc3C(=O)[C@H]21. The zero-order valence-electron chi connectivity index (χ0n) is 17.6. The van der Waals surface area contributed by atoms with Gasteiger partial charge in [-0.25, -0.2) is 0 Å². The van der Waals surface area contributed by atoms with E-state index in [1.807, 2.05) is 30.3 Å². The number of benzene rings is 3. The maximum atomic E-state index is 13.9. The van der Waals surface area contributed by atoms with E-state index in [9.17, 15) is 9.59 Å². The first-order chi connectivity index (χ1) is 15.6. The fraction of sp³-hybridized carbons (Fsp3) is 0.214. The molecule has 1 aliphatic heterocycles. The third-order valence-electron chi connectivity index (χ3n) is 7.64. The van der Waals surface area contributed by atoms with Crippen molar-refractivity contribution in [3.63, 3.8) is 0 Å². The van der Waals surface area contributed by atoms with Gasteiger partial charge in [-0.1, -0.05) is 55.5 Å². The molecule has 3 aromatic carbocycles. The van der Waals surface area contributed by atoms with Gasteiger partial charge in [0.15, 0.2) is 11.6 Å². The maximum Gasteiger partial charge on any atom is 0.168 e. The van der Waals surface area contributed by atoms with Crippen LogP contribution >= 0.6 is 0 Å². The zero-order chi connectivity index (χ0) is 21.6. The highest BCUT2D eigenvalue weighted by atomic mass is 16.5. The highest BCUT2D eigenvalue weighted by Crippen LogP contribution is 2.54. The van der Waals surface area contributed by atoms with Crippen molar-refractivity contribution in [3.8, 4) is 5.75 Å². The number of nitrogens with one attached hydrogen (secondary N) is 1. The summed E-state index contributed by atoms with van der Waals surface area (Å²) in [6, 6.07) is 19.6. The van der Waals surface area contributed by atoms with Crippen molar-refractivity contribution in [1.29, 1.82) is 0 Å². The highest BCUT2D eigenvalue weighted by Gasteiger charge is 2.52. The first-order valence-corrected chi connectivity index (χ1v) is 11.2. The van der Waals surface area contributed by atoms with E-state index in [0.29, 0.717) is 17.7 Å². The van der Waals surface area contributed by atoms with Gasteiger partial charge in [0.1, 0.15) is 12.4 Å². The molecule has 0 saturated heterocycles. The van der Waals surface area contributed by atoms with Crippen LogP contribution in [0.15, 0.2) is 72.3 Å². The number of hydrogen-bond acceptors (Lipinski definition) is 3. The molecule has 0 fully saturated rings. The largest absolute Gasteiger partial charge is 0.489 e. The lowest BCUT2D eigenvalue weighted by Crippen LogP contribution is -2.47. The van der Waals surface area contributed by atoms with Gasteiger partial charge in [0.25, 0.3) is 0 Å². The number of carbonyl (C=O) groups is 2. The van der Waals surface area contributed by atoms with Crippen molar-refractivity contribution < 1.29 is 14.3 Å². The van der Waals surface area contributed by atoms with E-state index < -0.39 is 5.92 Å². The number of aromatic nitrogens is 1. The van der Waals surface area contributed by atoms with Crippen molar-refractivity contribution in [2.75, 3.05) is 6.61 Å². The number of ether oxygens (including phenoxy) is 1. The van der Waals surface area contributed by atoms with Crippen LogP contribution in [0.5, 0.6) is 5.75 Å². The molecule has 4 heteroatoms. The number of Topliss-reactive ketones (excluding diaryl/α,β-unsaturated/α-hetero) is 2. The van der Waals surface area contributed by atoms with E-state index in [2.05, 4.69) is 36.2 Å². The Balaban J connectivity index is 1.53. The lowest BCUT2D eigenvalue weighted by molar-refractivity contribution is 0.0646. The molecule has 0 spiro atoms. The van der Waals surface area contributed by atoms with Gasteiger partial charge in [-0.05, 0) is 29.7 Å². The van der Waals surface area contributed by atoms with E-state index in [4.69, 9.17) is 4.74 Å². The lowest BCUT2D eigenvalue weighted by atomic mass is 9.58. The predicted molar refractivity (Wildman–Crippen MR) is 123 cm³/mol. The van der Waals surface area contributed by atoms with Crippen molar-refractivity contribution in [2.24, 2.45) is 17.8 Å². The highest BCUT2D eigenvalue weighted by molar-refractivity contribution is 6.17. The number of H-pyrrole nitrogens is 1. The molecular formula is C28H21NO3. The number of carbonyl (C=O) groups excluding carboxylic acids is 2. The Bertz CT molecular complexity index is 1510. The van der Waals surface area contributed by atoms with E-state index in [1.54, 1.807) is 12.1 Å². The molecule has 156 valence electrons. The molecule has 4 aromatic rings. The minimum absolute atomic E-state index is 0.0110. The van der Waals surface area contributed by atoms with Crippen LogP contribution < -0.4 is 4.74 Å². The van der Waals surface area contributed by atoms with Gasteiger partial charge in [0.2, 0.25) is 0 Å². The van der Waals surface area contributed by atoms with Crippen LogP contribution in [-0.4, -0.2) is 23.2 Å². The molecule has 3 aliphatic rings. The molecule has 2 heterocycles. The van der Waals surface area contributed by atoms with E-state index in [-0.39, 0.29) is 29.3 Å². The van der Waals surface area contributed by atoms with Crippen LogP contribution in [0.25, 0.3) is 21.8 Å². The summed E-state index contributed by atoms with van der Waals surface area (Å²) in [6.07, 6.45) is 2.18. The average molecular weight is 419 g/mol. The van der Waals surface area contributed by atoms with E-state index >= 15 is 0 Å². The summed E-state index contributed by atoms with van der Waals surface area (Å²) in [5.41, 5.74) is 5.31. The zero-order valence-corrected chi connectivity index (χ0v) is 17.6. The molecule has 4 nitrogen and oxygen atoms in total. The Hall–Kier alpha value is -3.66. The molecule has 32 heavy (non-hydrogen) atoms. The standard InChI is InChI=1S/C28H21NO3/c1-14-12-15-13-32-21-11-10-17-16-6-4-5-9-20(16)29-26(17)24(21)23(15)25-22(14)27(30)18-7-2-3-8-19(18)28(25)31/h2-12,14,22-23,25,29H,13H2,1H3/t14-,22-,23-,25-/m0/s1. The molecule has 2 aliphatic carbocycles. The Morgan fingerprint density at radius 2 is 1.56 bits per heavy atom. The minimum Gasteiger partial charge on any atom is -0.489 e. The summed E-state index contributed by atoms with van der Waals surface area (Å²) in [6.45, 7) is 2.51. The van der Waals surface area contributed by atoms with Crippen LogP contribution in [0, 0.1) is 17.8 Å². The monoisotopic (exact) mass is 419 g/mol. The second-order valence-electron chi connectivity index (χ2n) is 9.26. The quantitative estimate of drug-likeness (QED) is 0.373. The molecule has 0 saturated carbocycles. The van der Waals surface area contributed by atoms with Gasteiger partial charge in [-0.15, -0.1) is 0 Å². The molecule has 0 amide bonds. The molecule has 4 atom stereocenters. The summed E-state index contributed by atoms with van der Waals surface area (Å²) in [5.74, 6) is 0.0329. The number of aromatic amines is 1. The lowest BCUT2D eigenvalue weighted by Gasteiger charge is -2.45. The normalized spacial score (nSPS) is 26.1. The molecule has 1 N–H and O–H groups in total. The Labute approximate surface area is 184 Å². The van der Waals surface area contributed by atoms with Crippen LogP contribution in [0.4, 0.5) is 0 Å². The second kappa shape index (κ2) is 6.19. The number of fused-ring (bicyclic) bond motifs is 10. The van der Waals surface area contributed by atoms with Crippen molar-refractivity contribution >= 4 is 33.4 Å². The predicted octanol–water partition coefficient (Wildman–Crippen LogP) is 5.68. The number of allylic oxidation sites excluding steroid dienone is 1. The number of ketones is 2. The summed E-state index contributed by atoms with van der Waals surface area (Å²) in [4.78, 5) is 31.0. The number of para-hydroxylation sites is 1. The third-order valence-corrected chi connectivity index (χ3v) is 7.64. The van der Waals surface area contributed by atoms with Crippen LogP contribution in [0.2, 0.25) is 0 Å². The van der Waals surface area contributed by atoms with Crippen LogP contribution in [0.3, 0.4) is 0 Å². The molecular weight excluding hydrogens is 398 g/mol. The summed E-state index contributed by atoms with van der Waals surface area (Å²) in [7, 11) is 0. The van der Waals surface area contributed by atoms with Gasteiger partial charge in [0.05, 0.1) is 5.52 Å². The van der Waals surface area contributed by atoms with Gasteiger partial charge >= 0.3 is 0 Å². The van der Waals surface area contributed by atoms with Crippen molar-refractivity contribution in [1.82, 2.24) is 4.98 Å². The average Bonchev–Trinajstić information content (AvgIpc) is 3.20. The third kappa shape index (κ3) is 2.17. The van der Waals surface area contributed by atoms with Gasteiger partial charge < -0.3 is 9.72 Å². The maximum absolute atomic E-state index is 13.9. The van der Waals surface area contributed by atoms with E-state index in [1.165, 1.54) is 0 Å². The van der Waals surface area contributed by atoms with Gasteiger partial charge in [-0.2, -0.15) is 0 Å². The number of hydrogen-bond donors (Lipinski definition) is 1. The fourth-order valence-electron chi connectivity index (χ4n) is 6.32. The summed E-state index contributed by atoms with van der Waals surface area (Å²) >= 11 is 0. The summed E-state index contributed by atoms with van der Waals surface area (Å²) < 4.78 is 6.17. The molecule has 1 aromatic heterocycles. The Morgan fingerprint density at radius 1 is 0.844 bits per heavy atom. The van der Waals surface area contributed by atoms with Crippen LogP contribution in [-0.2, 0) is 0 Å². The molecule has 0 unspecified atom stereocenters. The molecule has 0 bridgehead atoms. The van der Waals surface area contributed by atoms with Crippen LogP contribution in [0.1, 0.15) is 39.1 Å². The summed E-state index contributed by atoms with van der Waals surface area (Å²) in [5, 5.41) is 2.27. The smallest absolute Gasteiger partial charge is 0.168 e. The first kappa shape index (κ1) is 18.0. The van der Waals surface area contributed by atoms with Crippen molar-refractivity contribution in [2.45, 2.75) is 12.8 Å². The van der Waals surface area contributed by atoms with Gasteiger partial charge in [0, 0.05) is 50.7 Å². The van der Waals surface area contributed by atoms with E-state index in [0.717, 1.165) is 38.7 Å². The van der Waals surface area contributed by atoms with Crippen molar-refractivity contribution in [3.05, 3.63) is 89.0 Å². The molecule has 0 radical (unpaired) electrons. The molecule has 7 rings (SSSR count).